The molecule has 0 aliphatic heterocycles. The van der Waals surface area contributed by atoms with Crippen LogP contribution in [0.4, 0.5) is 10.2 Å². The third-order valence-electron chi connectivity index (χ3n) is 6.42. The number of methoxy groups -OCH3 is 1. The van der Waals surface area contributed by atoms with Crippen LogP contribution in [0.5, 0.6) is 0 Å². The molecule has 1 aliphatic carbocycles. The molecule has 1 amide bonds. The fraction of sp³-hybridized carbons (Fsp3) is 0.346. The van der Waals surface area contributed by atoms with E-state index in [0.717, 1.165) is 31.4 Å². The molecule has 1 aromatic heterocycles. The van der Waals surface area contributed by atoms with Gasteiger partial charge in [0.15, 0.2) is 0 Å². The van der Waals surface area contributed by atoms with Gasteiger partial charge >= 0.3 is 0 Å². The van der Waals surface area contributed by atoms with E-state index in [0.29, 0.717) is 21.8 Å². The molecule has 7 nitrogen and oxygen atoms in total. The minimum absolute atomic E-state index is 0.160. The summed E-state index contributed by atoms with van der Waals surface area (Å²) in [7, 11) is 1.71. The van der Waals surface area contributed by atoms with Gasteiger partial charge < -0.3 is 20.9 Å². The Labute approximate surface area is 208 Å². The lowest BCUT2D eigenvalue weighted by Crippen LogP contribution is -2.31. The van der Waals surface area contributed by atoms with Crippen LogP contribution >= 0.6 is 11.6 Å². The van der Waals surface area contributed by atoms with E-state index in [1.807, 2.05) is 0 Å². The van der Waals surface area contributed by atoms with Crippen LogP contribution in [-0.2, 0) is 4.74 Å². The maximum Gasteiger partial charge on any atom is 0.254 e. The van der Waals surface area contributed by atoms with Gasteiger partial charge in [-0.25, -0.2) is 14.4 Å². The first-order chi connectivity index (χ1) is 16.9. The van der Waals surface area contributed by atoms with Crippen molar-refractivity contribution in [3.05, 3.63) is 76.3 Å². The predicted molar refractivity (Wildman–Crippen MR) is 133 cm³/mol. The van der Waals surface area contributed by atoms with Crippen LogP contribution in [0.25, 0.3) is 11.3 Å². The van der Waals surface area contributed by atoms with E-state index in [2.05, 4.69) is 10.3 Å². The lowest BCUT2D eigenvalue weighted by atomic mass is 9.85. The molecule has 1 fully saturated rings. The number of hydrogen-bond acceptors (Lipinski definition) is 6. The van der Waals surface area contributed by atoms with E-state index in [-0.39, 0.29) is 30.0 Å². The number of rotatable bonds is 7. The molecule has 184 valence electrons. The second-order valence-electron chi connectivity index (χ2n) is 8.71. The topological polar surface area (TPSA) is 110 Å². The highest BCUT2D eigenvalue weighted by atomic mass is 35.5. The number of anilines is 1. The zero-order valence-electron chi connectivity index (χ0n) is 19.4. The number of nitrogen functional groups attached to an aromatic ring is 1. The van der Waals surface area contributed by atoms with Crippen molar-refractivity contribution in [3.8, 4) is 11.3 Å². The van der Waals surface area contributed by atoms with Crippen LogP contribution in [0.1, 0.15) is 59.3 Å². The summed E-state index contributed by atoms with van der Waals surface area (Å²) in [6, 6.07) is 10.2. The van der Waals surface area contributed by atoms with Gasteiger partial charge in [-0.1, -0.05) is 36.2 Å². The van der Waals surface area contributed by atoms with Crippen LogP contribution in [0.3, 0.4) is 0 Å². The van der Waals surface area contributed by atoms with Crippen LogP contribution in [0.2, 0.25) is 5.02 Å². The highest BCUT2D eigenvalue weighted by Gasteiger charge is 2.25. The van der Waals surface area contributed by atoms with Crippen molar-refractivity contribution in [2.45, 2.75) is 43.7 Å². The Morgan fingerprint density at radius 3 is 2.86 bits per heavy atom. The third kappa shape index (κ3) is 5.78. The number of aliphatic hydroxyl groups excluding tert-OH is 1. The van der Waals surface area contributed by atoms with E-state index < -0.39 is 17.8 Å². The van der Waals surface area contributed by atoms with Crippen LogP contribution < -0.4 is 11.1 Å². The number of amides is 1. The van der Waals surface area contributed by atoms with Crippen molar-refractivity contribution in [3.63, 3.8) is 0 Å². The molecule has 0 bridgehead atoms. The van der Waals surface area contributed by atoms with E-state index in [1.54, 1.807) is 43.6 Å². The second-order valence-corrected chi connectivity index (χ2v) is 9.14. The Morgan fingerprint density at radius 2 is 2.14 bits per heavy atom. The first kappa shape index (κ1) is 25.0. The van der Waals surface area contributed by atoms with Crippen LogP contribution in [0, 0.1) is 5.82 Å². The first-order valence-corrected chi connectivity index (χ1v) is 11.9. The van der Waals surface area contributed by atoms with E-state index in [1.165, 1.54) is 12.1 Å². The van der Waals surface area contributed by atoms with E-state index >= 15 is 4.39 Å². The zero-order chi connectivity index (χ0) is 24.9. The number of aliphatic hydroxyl groups is 1. The third-order valence-corrected chi connectivity index (χ3v) is 6.66. The molecule has 0 radical (unpaired) electrons. The molecule has 1 aliphatic rings. The van der Waals surface area contributed by atoms with Gasteiger partial charge in [-0.2, -0.15) is 0 Å². The lowest BCUT2D eigenvalue weighted by Gasteiger charge is -2.27. The molecule has 9 heteroatoms. The number of carbonyl (C=O) groups is 1. The fourth-order valence-corrected chi connectivity index (χ4v) is 4.69. The van der Waals surface area contributed by atoms with Crippen molar-refractivity contribution in [1.82, 2.24) is 15.3 Å². The summed E-state index contributed by atoms with van der Waals surface area (Å²) < 4.78 is 20.6. The Kier molecular flexibility index (Phi) is 7.95. The number of nitrogens with zero attached hydrogens (tertiary/aromatic N) is 2. The second kappa shape index (κ2) is 11.1. The SMILES string of the molecule is COC1CCCC(c2cnc(N)c(-c3ccc(C(=O)NC(CO)c4cccc(Cl)c4)c(F)c3)n2)C1. The quantitative estimate of drug-likeness (QED) is 0.437. The summed E-state index contributed by atoms with van der Waals surface area (Å²) in [5.74, 6) is -1.01. The predicted octanol–water partition coefficient (Wildman–Crippen LogP) is 4.65. The molecule has 4 N–H and O–H groups in total. The van der Waals surface area contributed by atoms with Crippen molar-refractivity contribution < 1.29 is 19.0 Å². The Morgan fingerprint density at radius 1 is 1.31 bits per heavy atom. The molecule has 35 heavy (non-hydrogen) atoms. The molecule has 1 saturated carbocycles. The maximum atomic E-state index is 15.0. The average Bonchev–Trinajstić information content (AvgIpc) is 2.87. The van der Waals surface area contributed by atoms with Gasteiger partial charge in [-0.3, -0.25) is 4.79 Å². The summed E-state index contributed by atoms with van der Waals surface area (Å²) in [5.41, 5.74) is 8.13. The number of ether oxygens (including phenoxy) is 1. The Hall–Kier alpha value is -3.07. The summed E-state index contributed by atoms with van der Waals surface area (Å²) in [6.45, 7) is -0.365. The average molecular weight is 499 g/mol. The number of nitrogens with two attached hydrogens (primary N) is 1. The Balaban J connectivity index is 1.55. The molecule has 3 atom stereocenters. The smallest absolute Gasteiger partial charge is 0.254 e. The van der Waals surface area contributed by atoms with E-state index in [4.69, 9.17) is 27.1 Å². The van der Waals surface area contributed by atoms with Gasteiger partial charge in [0.2, 0.25) is 0 Å². The van der Waals surface area contributed by atoms with Gasteiger partial charge in [0.1, 0.15) is 17.3 Å². The van der Waals surface area contributed by atoms with Crippen molar-refractivity contribution in [1.29, 1.82) is 0 Å². The summed E-state index contributed by atoms with van der Waals surface area (Å²) in [4.78, 5) is 21.8. The fourth-order valence-electron chi connectivity index (χ4n) is 4.49. The highest BCUT2D eigenvalue weighted by Crippen LogP contribution is 2.35. The molecule has 3 unspecified atom stereocenters. The van der Waals surface area contributed by atoms with Crippen LogP contribution in [-0.4, -0.2) is 40.8 Å². The number of benzene rings is 2. The molecule has 3 aromatic rings. The lowest BCUT2D eigenvalue weighted by molar-refractivity contribution is 0.0630. The minimum atomic E-state index is -0.732. The van der Waals surface area contributed by atoms with Crippen LogP contribution in [0.15, 0.2) is 48.7 Å². The van der Waals surface area contributed by atoms with E-state index in [9.17, 15) is 9.90 Å². The summed E-state index contributed by atoms with van der Waals surface area (Å²) in [6.07, 6.45) is 5.73. The van der Waals surface area contributed by atoms with Gasteiger partial charge in [-0.15, -0.1) is 0 Å². The van der Waals surface area contributed by atoms with Gasteiger partial charge in [0, 0.05) is 23.6 Å². The minimum Gasteiger partial charge on any atom is -0.394 e. The van der Waals surface area contributed by atoms with Gasteiger partial charge in [0.25, 0.3) is 5.91 Å². The normalized spacial score (nSPS) is 18.7. The molecule has 2 aromatic carbocycles. The molecular weight excluding hydrogens is 471 g/mol. The maximum absolute atomic E-state index is 15.0. The highest BCUT2D eigenvalue weighted by molar-refractivity contribution is 6.30. The van der Waals surface area contributed by atoms with Gasteiger partial charge in [-0.05, 0) is 49.1 Å². The van der Waals surface area contributed by atoms with Crippen molar-refractivity contribution in [2.75, 3.05) is 19.5 Å². The summed E-state index contributed by atoms with van der Waals surface area (Å²) in [5, 5.41) is 12.9. The monoisotopic (exact) mass is 498 g/mol. The summed E-state index contributed by atoms with van der Waals surface area (Å²) >= 11 is 6.01. The van der Waals surface area contributed by atoms with Crippen molar-refractivity contribution in [2.24, 2.45) is 0 Å². The standard InChI is InChI=1S/C26H28ClFN4O3/c1-35-19-7-3-5-16(11-19)22-13-30-25(29)24(31-22)17-8-9-20(21(28)12-17)26(34)32-23(14-33)15-4-2-6-18(27)10-15/h2,4,6,8-10,12-13,16,19,23,33H,3,5,7,11,14H2,1H3,(H2,29,30)(H,32,34). The first-order valence-electron chi connectivity index (χ1n) is 11.5. The molecule has 1 heterocycles. The Bertz CT molecular complexity index is 1210. The molecular formula is C26H28ClFN4O3. The molecule has 0 saturated heterocycles. The number of halogens is 2. The molecule has 4 rings (SSSR count). The number of carbonyl (C=O) groups excluding carboxylic acids is 1. The van der Waals surface area contributed by atoms with Crippen molar-refractivity contribution >= 4 is 23.3 Å². The van der Waals surface area contributed by atoms with Gasteiger partial charge in [0.05, 0.1) is 36.2 Å². The number of hydrogen-bond donors (Lipinski definition) is 3. The number of nitrogens with one attached hydrogen (secondary N) is 1. The number of aromatic nitrogens is 2. The molecule has 0 spiro atoms. The largest absolute Gasteiger partial charge is 0.394 e. The zero-order valence-corrected chi connectivity index (χ0v) is 20.1.